The number of nitrogens with one attached hydrogen (secondary N) is 3. The second kappa shape index (κ2) is 13.5. The van der Waals surface area contributed by atoms with Crippen molar-refractivity contribution in [3.05, 3.63) is 43.1 Å². The van der Waals surface area contributed by atoms with Crippen molar-refractivity contribution in [2.24, 2.45) is 11.8 Å². The molecule has 14 nitrogen and oxygen atoms in total. The van der Waals surface area contributed by atoms with Crippen LogP contribution in [0.5, 0.6) is 11.6 Å². The zero-order chi connectivity index (χ0) is 35.9. The van der Waals surface area contributed by atoms with Crippen LogP contribution in [0.2, 0.25) is 0 Å². The molecule has 49 heavy (non-hydrogen) atoms. The predicted octanol–water partition coefficient (Wildman–Crippen LogP) is 2.81. The van der Waals surface area contributed by atoms with E-state index in [1.165, 1.54) is 24.3 Å². The number of aromatic nitrogens is 1. The molecule has 1 aliphatic heterocycles. The van der Waals surface area contributed by atoms with Crippen LogP contribution in [0.25, 0.3) is 10.8 Å². The molecule has 2 heterocycles. The summed E-state index contributed by atoms with van der Waals surface area (Å²) in [6, 6.07) is 5.16. The molecule has 1 aromatic heterocycles. The standard InChI is InChI=1S/C34H45N5O9S/c1-8-20-16-34(20,31(42)38-49(44,45)22-13-14-22)37-28(40)25-15-21(47-29-24-12-10-9-11-23(24)26(46-7)17-35-29)18-39(25)30(41)27(19(2)3)36-32(43)48-33(4,5)6/h8-12,17,19-22,25,27H,1,13-16,18H2,2-7H3,(H,36,43)(H,37,40)(H,38,42)/t20-,21-,25+,27+,34-/m1/s1. The number of fused-ring (bicyclic) bond motifs is 1. The van der Waals surface area contributed by atoms with Gasteiger partial charge < -0.3 is 29.7 Å². The molecule has 3 aliphatic rings. The summed E-state index contributed by atoms with van der Waals surface area (Å²) in [7, 11) is -2.35. The number of benzene rings is 1. The van der Waals surface area contributed by atoms with Gasteiger partial charge in [-0.1, -0.05) is 38.1 Å². The highest BCUT2D eigenvalue weighted by Crippen LogP contribution is 2.45. The maximum atomic E-state index is 14.2. The monoisotopic (exact) mass is 699 g/mol. The highest BCUT2D eigenvalue weighted by Gasteiger charge is 2.62. The first-order chi connectivity index (χ1) is 23.0. The quantitative estimate of drug-likeness (QED) is 0.279. The first kappa shape index (κ1) is 35.9. The van der Waals surface area contributed by atoms with E-state index < -0.39 is 80.3 Å². The number of alkyl carbamates (subject to hydrolysis) is 1. The van der Waals surface area contributed by atoms with Crippen molar-refractivity contribution in [2.45, 2.75) is 94.9 Å². The van der Waals surface area contributed by atoms with E-state index in [-0.39, 0.29) is 25.3 Å². The lowest BCUT2D eigenvalue weighted by Gasteiger charge is -2.31. The Balaban J connectivity index is 1.43. The van der Waals surface area contributed by atoms with Crippen LogP contribution in [0.15, 0.2) is 43.1 Å². The van der Waals surface area contributed by atoms with Crippen molar-refractivity contribution >= 4 is 44.6 Å². The number of nitrogens with zero attached hydrogens (tertiary/aromatic N) is 2. The first-order valence-corrected chi connectivity index (χ1v) is 17.9. The van der Waals surface area contributed by atoms with Gasteiger partial charge >= 0.3 is 6.09 Å². The minimum atomic E-state index is -3.89. The van der Waals surface area contributed by atoms with E-state index in [4.69, 9.17) is 14.2 Å². The minimum absolute atomic E-state index is 0.0215. The average Bonchev–Trinajstić information content (AvgIpc) is 3.95. The number of amides is 4. The molecular weight excluding hydrogens is 654 g/mol. The Hall–Kier alpha value is -4.40. The lowest BCUT2D eigenvalue weighted by molar-refractivity contribution is -0.141. The second-order valence-electron chi connectivity index (χ2n) is 14.2. The molecular formula is C34H45N5O9S. The van der Waals surface area contributed by atoms with Crippen LogP contribution >= 0.6 is 0 Å². The summed E-state index contributed by atoms with van der Waals surface area (Å²) in [5, 5.41) is 6.20. The number of rotatable bonds is 12. The molecule has 5 rings (SSSR count). The van der Waals surface area contributed by atoms with E-state index in [1.807, 2.05) is 24.3 Å². The highest BCUT2D eigenvalue weighted by atomic mass is 32.2. The van der Waals surface area contributed by atoms with Crippen LogP contribution in [0, 0.1) is 11.8 Å². The van der Waals surface area contributed by atoms with Crippen molar-refractivity contribution in [3.8, 4) is 11.6 Å². The van der Waals surface area contributed by atoms with Crippen LogP contribution in [-0.2, 0) is 29.1 Å². The summed E-state index contributed by atoms with van der Waals surface area (Å²) in [6.07, 6.45) is 2.60. The van der Waals surface area contributed by atoms with Crippen molar-refractivity contribution in [1.29, 1.82) is 0 Å². The van der Waals surface area contributed by atoms with Gasteiger partial charge in [0.05, 0.1) is 25.1 Å². The van der Waals surface area contributed by atoms with E-state index in [1.54, 1.807) is 34.6 Å². The van der Waals surface area contributed by atoms with Crippen LogP contribution < -0.4 is 24.8 Å². The summed E-state index contributed by atoms with van der Waals surface area (Å²) in [5.41, 5.74) is -2.36. The molecule has 266 valence electrons. The van der Waals surface area contributed by atoms with Crippen LogP contribution in [-0.4, -0.2) is 90.3 Å². The number of likely N-dealkylation sites (tertiary alicyclic amines) is 1. The van der Waals surface area contributed by atoms with Crippen molar-refractivity contribution in [3.63, 3.8) is 0 Å². The van der Waals surface area contributed by atoms with Gasteiger partial charge in [-0.15, -0.1) is 6.58 Å². The summed E-state index contributed by atoms with van der Waals surface area (Å²) < 4.78 is 44.6. The summed E-state index contributed by atoms with van der Waals surface area (Å²) in [5.74, 6) is -2.16. The van der Waals surface area contributed by atoms with Crippen LogP contribution in [0.1, 0.15) is 60.3 Å². The van der Waals surface area contributed by atoms with Gasteiger partial charge in [0, 0.05) is 23.1 Å². The summed E-state index contributed by atoms with van der Waals surface area (Å²) in [4.78, 5) is 60.3. The van der Waals surface area contributed by atoms with Gasteiger partial charge in [0.25, 0.3) is 5.91 Å². The molecule has 3 N–H and O–H groups in total. The Labute approximate surface area is 286 Å². The van der Waals surface area contributed by atoms with Gasteiger partial charge in [0.1, 0.15) is 35.1 Å². The molecule has 0 bridgehead atoms. The SMILES string of the molecule is C=C[C@@H]1C[C@]1(NC(=O)[C@@H]1C[C@@H](Oc2ncc(OC)c3ccccc23)CN1C(=O)[C@@H](NC(=O)OC(C)(C)C)C(C)C)C(=O)NS(=O)(=O)C1CC1. The largest absolute Gasteiger partial charge is 0.494 e. The smallest absolute Gasteiger partial charge is 0.408 e. The number of hydrogen-bond donors (Lipinski definition) is 3. The van der Waals surface area contributed by atoms with E-state index in [0.29, 0.717) is 24.0 Å². The van der Waals surface area contributed by atoms with E-state index >= 15 is 0 Å². The Morgan fingerprint density at radius 3 is 2.37 bits per heavy atom. The molecule has 1 aromatic carbocycles. The molecule has 4 amide bonds. The molecule has 2 saturated carbocycles. The van der Waals surface area contributed by atoms with E-state index in [0.717, 1.165) is 5.39 Å². The summed E-state index contributed by atoms with van der Waals surface area (Å²) >= 11 is 0. The van der Waals surface area contributed by atoms with Gasteiger partial charge in [-0.25, -0.2) is 18.2 Å². The topological polar surface area (TPSA) is 182 Å². The molecule has 1 saturated heterocycles. The fraction of sp³-hybridized carbons (Fsp3) is 0.559. The molecule has 2 aliphatic carbocycles. The lowest BCUT2D eigenvalue weighted by atomic mass is 10.0. The Morgan fingerprint density at radius 2 is 1.80 bits per heavy atom. The fourth-order valence-corrected chi connectivity index (χ4v) is 7.44. The predicted molar refractivity (Wildman–Crippen MR) is 180 cm³/mol. The number of pyridine rings is 1. The van der Waals surface area contributed by atoms with Gasteiger partial charge in [-0.2, -0.15) is 0 Å². The van der Waals surface area contributed by atoms with Crippen LogP contribution in [0.3, 0.4) is 0 Å². The normalized spacial score (nSPS) is 24.1. The number of hydrogen-bond acceptors (Lipinski definition) is 10. The maximum absolute atomic E-state index is 14.2. The number of methoxy groups -OCH3 is 1. The van der Waals surface area contributed by atoms with Crippen LogP contribution in [0.4, 0.5) is 4.79 Å². The third kappa shape index (κ3) is 7.76. The molecule has 0 spiro atoms. The third-order valence-electron chi connectivity index (χ3n) is 8.92. The Kier molecular flexibility index (Phi) is 9.88. The Morgan fingerprint density at radius 1 is 1.12 bits per heavy atom. The number of sulfonamides is 1. The minimum Gasteiger partial charge on any atom is -0.494 e. The molecule has 0 radical (unpaired) electrons. The number of ether oxygens (including phenoxy) is 3. The first-order valence-electron chi connectivity index (χ1n) is 16.4. The summed E-state index contributed by atoms with van der Waals surface area (Å²) in [6.45, 7) is 12.3. The second-order valence-corrected chi connectivity index (χ2v) is 16.2. The zero-order valence-electron chi connectivity index (χ0n) is 28.6. The molecule has 0 unspecified atom stereocenters. The van der Waals surface area contributed by atoms with Crippen molar-refractivity contribution in [2.75, 3.05) is 13.7 Å². The molecule has 5 atom stereocenters. The van der Waals surface area contributed by atoms with Gasteiger partial charge in [0.15, 0.2) is 0 Å². The zero-order valence-corrected chi connectivity index (χ0v) is 29.5. The van der Waals surface area contributed by atoms with Crippen molar-refractivity contribution < 1.29 is 41.8 Å². The lowest BCUT2D eigenvalue weighted by Crippen LogP contribution is -2.59. The third-order valence-corrected chi connectivity index (χ3v) is 10.7. The van der Waals surface area contributed by atoms with Gasteiger partial charge in [-0.05, 0) is 52.0 Å². The maximum Gasteiger partial charge on any atom is 0.408 e. The van der Waals surface area contributed by atoms with Gasteiger partial charge in [0.2, 0.25) is 27.7 Å². The van der Waals surface area contributed by atoms with E-state index in [2.05, 4.69) is 26.9 Å². The average molecular weight is 700 g/mol. The highest BCUT2D eigenvalue weighted by molar-refractivity contribution is 7.91. The molecule has 2 aromatic rings. The molecule has 15 heteroatoms. The number of carbonyl (C=O) groups excluding carboxylic acids is 4. The van der Waals surface area contributed by atoms with Crippen molar-refractivity contribution in [1.82, 2.24) is 25.2 Å². The van der Waals surface area contributed by atoms with Gasteiger partial charge in [-0.3, -0.25) is 19.1 Å². The van der Waals surface area contributed by atoms with E-state index in [9.17, 15) is 27.6 Å². The molecule has 3 fully saturated rings. The number of carbonyl (C=O) groups is 4. The fourth-order valence-electron chi connectivity index (χ4n) is 6.08. The Bertz CT molecular complexity index is 1750.